The van der Waals surface area contributed by atoms with Gasteiger partial charge in [0.15, 0.2) is 10.9 Å². The van der Waals surface area contributed by atoms with E-state index in [1.807, 2.05) is 16.7 Å². The number of hydrogen-bond donors (Lipinski definition) is 1. The SMILES string of the molecule is COc1ccc(NC(=O)CSc2nnc(-c3ccco3)n2-c2ccc(Cl)cc2)cc1Cl. The number of methoxy groups -OCH3 is 1. The Labute approximate surface area is 192 Å². The molecule has 0 radical (unpaired) electrons. The second-order valence-electron chi connectivity index (χ2n) is 6.28. The molecule has 0 bridgehead atoms. The summed E-state index contributed by atoms with van der Waals surface area (Å²) in [5.74, 6) is 1.53. The van der Waals surface area contributed by atoms with Crippen LogP contribution in [0, 0.1) is 0 Å². The van der Waals surface area contributed by atoms with Gasteiger partial charge in [0.2, 0.25) is 11.7 Å². The number of amides is 1. The molecule has 158 valence electrons. The molecule has 0 saturated heterocycles. The molecular formula is C21H16Cl2N4O3S. The zero-order chi connectivity index (χ0) is 21.8. The maximum absolute atomic E-state index is 12.5. The maximum atomic E-state index is 12.5. The predicted octanol–water partition coefficient (Wildman–Crippen LogP) is 5.57. The maximum Gasteiger partial charge on any atom is 0.234 e. The van der Waals surface area contributed by atoms with Crippen LogP contribution in [0.15, 0.2) is 70.4 Å². The van der Waals surface area contributed by atoms with Crippen LogP contribution in [0.1, 0.15) is 0 Å². The molecule has 7 nitrogen and oxygen atoms in total. The fourth-order valence-corrected chi connectivity index (χ4v) is 3.96. The van der Waals surface area contributed by atoms with Gasteiger partial charge in [-0.2, -0.15) is 0 Å². The van der Waals surface area contributed by atoms with E-state index in [-0.39, 0.29) is 11.7 Å². The van der Waals surface area contributed by atoms with Gasteiger partial charge >= 0.3 is 0 Å². The van der Waals surface area contributed by atoms with Gasteiger partial charge in [0.05, 0.1) is 24.1 Å². The van der Waals surface area contributed by atoms with E-state index in [9.17, 15) is 4.79 Å². The summed E-state index contributed by atoms with van der Waals surface area (Å²) in [4.78, 5) is 12.5. The van der Waals surface area contributed by atoms with E-state index in [4.69, 9.17) is 32.4 Å². The molecule has 0 aliphatic carbocycles. The molecule has 1 N–H and O–H groups in total. The number of ether oxygens (including phenoxy) is 1. The van der Waals surface area contributed by atoms with Gasteiger partial charge in [-0.15, -0.1) is 10.2 Å². The van der Waals surface area contributed by atoms with Gasteiger partial charge in [0.25, 0.3) is 0 Å². The van der Waals surface area contributed by atoms with Crippen molar-refractivity contribution < 1.29 is 13.9 Å². The molecule has 2 heterocycles. The Hall–Kier alpha value is -2.94. The van der Waals surface area contributed by atoms with Crippen molar-refractivity contribution >= 4 is 46.6 Å². The molecule has 4 rings (SSSR count). The number of thioether (sulfide) groups is 1. The number of benzene rings is 2. The first-order valence-electron chi connectivity index (χ1n) is 9.06. The highest BCUT2D eigenvalue weighted by Gasteiger charge is 2.19. The highest BCUT2D eigenvalue weighted by Crippen LogP contribution is 2.30. The first-order valence-corrected chi connectivity index (χ1v) is 10.8. The van der Waals surface area contributed by atoms with Crippen molar-refractivity contribution in [2.24, 2.45) is 0 Å². The van der Waals surface area contributed by atoms with Gasteiger partial charge in [-0.1, -0.05) is 35.0 Å². The van der Waals surface area contributed by atoms with E-state index in [0.717, 1.165) is 5.69 Å². The number of nitrogens with one attached hydrogen (secondary N) is 1. The Morgan fingerprint density at radius 1 is 1.16 bits per heavy atom. The molecule has 1 amide bonds. The van der Waals surface area contributed by atoms with Crippen molar-refractivity contribution in [3.8, 4) is 23.0 Å². The highest BCUT2D eigenvalue weighted by atomic mass is 35.5. The monoisotopic (exact) mass is 474 g/mol. The average molecular weight is 475 g/mol. The zero-order valence-corrected chi connectivity index (χ0v) is 18.5. The van der Waals surface area contributed by atoms with Crippen LogP contribution >= 0.6 is 35.0 Å². The molecule has 10 heteroatoms. The van der Waals surface area contributed by atoms with Crippen LogP contribution in [0.5, 0.6) is 5.75 Å². The number of aromatic nitrogens is 3. The fourth-order valence-electron chi connectivity index (χ4n) is 2.82. The molecule has 0 unspecified atom stereocenters. The lowest BCUT2D eigenvalue weighted by Crippen LogP contribution is -2.14. The first-order chi connectivity index (χ1) is 15.0. The molecule has 0 aliphatic heterocycles. The summed E-state index contributed by atoms with van der Waals surface area (Å²) >= 11 is 13.4. The second kappa shape index (κ2) is 9.47. The van der Waals surface area contributed by atoms with E-state index >= 15 is 0 Å². The van der Waals surface area contributed by atoms with Crippen LogP contribution in [0.2, 0.25) is 10.0 Å². The van der Waals surface area contributed by atoms with Crippen LogP contribution in [-0.4, -0.2) is 33.5 Å². The van der Waals surface area contributed by atoms with Gasteiger partial charge in [-0.3, -0.25) is 9.36 Å². The van der Waals surface area contributed by atoms with Crippen molar-refractivity contribution in [2.45, 2.75) is 5.16 Å². The lowest BCUT2D eigenvalue weighted by molar-refractivity contribution is -0.113. The summed E-state index contributed by atoms with van der Waals surface area (Å²) in [6.45, 7) is 0. The van der Waals surface area contributed by atoms with E-state index < -0.39 is 0 Å². The smallest absolute Gasteiger partial charge is 0.234 e. The minimum absolute atomic E-state index is 0.119. The molecule has 4 aromatic rings. The number of rotatable bonds is 7. The summed E-state index contributed by atoms with van der Waals surface area (Å²) < 4.78 is 12.4. The van der Waals surface area contributed by atoms with E-state index in [2.05, 4.69) is 15.5 Å². The Morgan fingerprint density at radius 2 is 1.97 bits per heavy atom. The van der Waals surface area contributed by atoms with Crippen molar-refractivity contribution in [1.29, 1.82) is 0 Å². The molecular weight excluding hydrogens is 459 g/mol. The molecule has 31 heavy (non-hydrogen) atoms. The number of nitrogens with zero attached hydrogens (tertiary/aromatic N) is 3. The quantitative estimate of drug-likeness (QED) is 0.352. The van der Waals surface area contributed by atoms with Crippen molar-refractivity contribution in [1.82, 2.24) is 14.8 Å². The molecule has 0 atom stereocenters. The summed E-state index contributed by atoms with van der Waals surface area (Å²) in [5.41, 5.74) is 1.37. The molecule has 2 aromatic heterocycles. The predicted molar refractivity (Wildman–Crippen MR) is 121 cm³/mol. The molecule has 2 aromatic carbocycles. The van der Waals surface area contributed by atoms with Crippen molar-refractivity contribution in [3.05, 3.63) is 70.9 Å². The minimum atomic E-state index is -0.212. The van der Waals surface area contributed by atoms with E-state index in [1.54, 1.807) is 48.7 Å². The lowest BCUT2D eigenvalue weighted by Gasteiger charge is -2.10. The summed E-state index contributed by atoms with van der Waals surface area (Å²) in [6.07, 6.45) is 1.57. The third kappa shape index (κ3) is 4.87. The van der Waals surface area contributed by atoms with Crippen LogP contribution in [-0.2, 0) is 4.79 Å². The number of hydrogen-bond acceptors (Lipinski definition) is 6. The largest absolute Gasteiger partial charge is 0.495 e. The summed E-state index contributed by atoms with van der Waals surface area (Å²) in [7, 11) is 1.53. The zero-order valence-electron chi connectivity index (χ0n) is 16.2. The van der Waals surface area contributed by atoms with Crippen molar-refractivity contribution in [3.63, 3.8) is 0 Å². The van der Waals surface area contributed by atoms with E-state index in [1.165, 1.54) is 18.9 Å². The second-order valence-corrected chi connectivity index (χ2v) is 8.07. The normalized spacial score (nSPS) is 10.8. The van der Waals surface area contributed by atoms with Gasteiger partial charge < -0.3 is 14.5 Å². The minimum Gasteiger partial charge on any atom is -0.495 e. The molecule has 0 aliphatic rings. The van der Waals surface area contributed by atoms with Crippen LogP contribution < -0.4 is 10.1 Å². The molecule has 0 spiro atoms. The standard InChI is InChI=1S/C21H16Cl2N4O3S/c1-29-17-9-6-14(11-16(17)23)24-19(28)12-31-21-26-25-20(18-3-2-10-30-18)27(21)15-7-4-13(22)5-8-15/h2-11H,12H2,1H3,(H,24,28). The van der Waals surface area contributed by atoms with Gasteiger partial charge in [-0.05, 0) is 54.6 Å². The highest BCUT2D eigenvalue weighted by molar-refractivity contribution is 7.99. The molecule has 0 fully saturated rings. The Balaban J connectivity index is 1.54. The average Bonchev–Trinajstić information content (AvgIpc) is 3.43. The van der Waals surface area contributed by atoms with Crippen molar-refractivity contribution in [2.75, 3.05) is 18.2 Å². The van der Waals surface area contributed by atoms with Crippen LogP contribution in [0.3, 0.4) is 0 Å². The summed E-state index contributed by atoms with van der Waals surface area (Å²) in [6, 6.07) is 15.9. The number of carbonyl (C=O) groups is 1. The number of halogens is 2. The van der Waals surface area contributed by atoms with E-state index in [0.29, 0.717) is 38.2 Å². The number of furan rings is 1. The fraction of sp³-hybridized carbons (Fsp3) is 0.0952. The Bertz CT molecular complexity index is 1190. The van der Waals surface area contributed by atoms with Gasteiger partial charge in [0, 0.05) is 16.4 Å². The van der Waals surface area contributed by atoms with Gasteiger partial charge in [-0.25, -0.2) is 0 Å². The number of anilines is 1. The lowest BCUT2D eigenvalue weighted by atomic mass is 10.3. The first kappa shape index (κ1) is 21.3. The van der Waals surface area contributed by atoms with Crippen LogP contribution in [0.4, 0.5) is 5.69 Å². The van der Waals surface area contributed by atoms with Crippen LogP contribution in [0.25, 0.3) is 17.3 Å². The van der Waals surface area contributed by atoms with Gasteiger partial charge in [0.1, 0.15) is 5.75 Å². The molecule has 0 saturated carbocycles. The number of carbonyl (C=O) groups excluding carboxylic acids is 1. The third-order valence-corrected chi connectivity index (χ3v) is 5.70. The summed E-state index contributed by atoms with van der Waals surface area (Å²) in [5, 5.41) is 12.9. The Kier molecular flexibility index (Phi) is 6.50. The Morgan fingerprint density at radius 3 is 2.65 bits per heavy atom. The third-order valence-electron chi connectivity index (χ3n) is 4.23. The topological polar surface area (TPSA) is 82.2 Å².